The molecule has 0 saturated carbocycles. The van der Waals surface area contributed by atoms with Gasteiger partial charge in [0.2, 0.25) is 5.82 Å². The van der Waals surface area contributed by atoms with Crippen LogP contribution >= 0.6 is 23.2 Å². The third-order valence-corrected chi connectivity index (χ3v) is 6.32. The van der Waals surface area contributed by atoms with E-state index in [9.17, 15) is 9.59 Å². The lowest BCUT2D eigenvalue weighted by atomic mass is 10.2. The van der Waals surface area contributed by atoms with Gasteiger partial charge in [0.1, 0.15) is 11.3 Å². The van der Waals surface area contributed by atoms with Gasteiger partial charge in [0.05, 0.1) is 45.8 Å². The van der Waals surface area contributed by atoms with Crippen LogP contribution in [0.5, 0.6) is 11.5 Å². The number of hydrogen-bond donors (Lipinski definition) is 0. The minimum atomic E-state index is -0.549. The Bertz CT molecular complexity index is 1800. The fourth-order valence-electron chi connectivity index (χ4n) is 4.06. The van der Waals surface area contributed by atoms with Gasteiger partial charge in [-0.1, -0.05) is 41.4 Å². The average Bonchev–Trinajstić information content (AvgIpc) is 3.36. The van der Waals surface area contributed by atoms with E-state index in [4.69, 9.17) is 41.8 Å². The molecule has 0 amide bonds. The molecule has 2 heterocycles. The van der Waals surface area contributed by atoms with Crippen LogP contribution in [0.4, 0.5) is 0 Å². The highest BCUT2D eigenvalue weighted by atomic mass is 35.5. The monoisotopic (exact) mass is 579 g/mol. The number of aromatic nitrogens is 2. The van der Waals surface area contributed by atoms with E-state index in [0.29, 0.717) is 33.6 Å². The molecule has 9 nitrogen and oxygen atoms in total. The van der Waals surface area contributed by atoms with Crippen molar-refractivity contribution < 1.29 is 23.4 Å². The Morgan fingerprint density at radius 1 is 1.07 bits per heavy atom. The van der Waals surface area contributed by atoms with Crippen molar-refractivity contribution in [3.05, 3.63) is 86.6 Å². The van der Waals surface area contributed by atoms with Gasteiger partial charge in [0.25, 0.3) is 5.56 Å². The van der Waals surface area contributed by atoms with E-state index in [1.54, 1.807) is 69.5 Å². The number of nitrogens with zero attached hydrogens (tertiary/aromatic N) is 3. The SMILES string of the molecule is COc1cccc2oc(-c3nc4ccccc4c(=O)n3N=Cc3cc(Cl)c(OCC(=O)OC(C)C)c(Cl)c3)cc12. The van der Waals surface area contributed by atoms with E-state index in [2.05, 4.69) is 10.1 Å². The first-order valence-electron chi connectivity index (χ1n) is 12.2. The van der Waals surface area contributed by atoms with E-state index in [1.807, 2.05) is 12.1 Å². The molecule has 0 spiro atoms. The molecule has 0 unspecified atom stereocenters. The van der Waals surface area contributed by atoms with E-state index < -0.39 is 11.5 Å². The van der Waals surface area contributed by atoms with Crippen LogP contribution in [0, 0.1) is 0 Å². The minimum absolute atomic E-state index is 0.127. The summed E-state index contributed by atoms with van der Waals surface area (Å²) in [6, 6.07) is 17.2. The Labute approximate surface area is 238 Å². The van der Waals surface area contributed by atoms with Crippen molar-refractivity contribution in [3.63, 3.8) is 0 Å². The van der Waals surface area contributed by atoms with E-state index in [0.717, 1.165) is 10.1 Å². The summed E-state index contributed by atoms with van der Waals surface area (Å²) in [7, 11) is 1.57. The van der Waals surface area contributed by atoms with Crippen molar-refractivity contribution in [1.29, 1.82) is 0 Å². The summed E-state index contributed by atoms with van der Waals surface area (Å²) in [6.45, 7) is 3.12. The molecular formula is C29H23Cl2N3O6. The second-order valence-electron chi connectivity index (χ2n) is 8.94. The fraction of sp³-hybridized carbons (Fsp3) is 0.172. The zero-order valence-corrected chi connectivity index (χ0v) is 23.2. The summed E-state index contributed by atoms with van der Waals surface area (Å²) < 4.78 is 23.2. The summed E-state index contributed by atoms with van der Waals surface area (Å²) in [4.78, 5) is 30.0. The van der Waals surface area contributed by atoms with Crippen LogP contribution < -0.4 is 15.0 Å². The maximum Gasteiger partial charge on any atom is 0.344 e. The molecule has 5 rings (SSSR count). The summed E-state index contributed by atoms with van der Waals surface area (Å²) >= 11 is 12.8. The molecule has 5 aromatic rings. The van der Waals surface area contributed by atoms with Gasteiger partial charge < -0.3 is 18.6 Å². The highest BCUT2D eigenvalue weighted by Crippen LogP contribution is 2.35. The molecule has 0 atom stereocenters. The molecule has 3 aromatic carbocycles. The largest absolute Gasteiger partial charge is 0.496 e. The first-order valence-corrected chi connectivity index (χ1v) is 12.9. The van der Waals surface area contributed by atoms with Gasteiger partial charge in [-0.05, 0) is 61.9 Å². The lowest BCUT2D eigenvalue weighted by Gasteiger charge is -2.12. The minimum Gasteiger partial charge on any atom is -0.496 e. The number of hydrogen-bond acceptors (Lipinski definition) is 8. The van der Waals surface area contributed by atoms with Crippen LogP contribution in [0.1, 0.15) is 19.4 Å². The Kier molecular flexibility index (Phi) is 7.77. The summed E-state index contributed by atoms with van der Waals surface area (Å²) in [5.74, 6) is 0.718. The molecule has 0 aliphatic heterocycles. The quantitative estimate of drug-likeness (QED) is 0.156. The lowest BCUT2D eigenvalue weighted by Crippen LogP contribution is -2.20. The number of fused-ring (bicyclic) bond motifs is 2. The van der Waals surface area contributed by atoms with Gasteiger partial charge in [-0.2, -0.15) is 9.78 Å². The summed E-state index contributed by atoms with van der Waals surface area (Å²) in [5, 5.41) is 5.84. The molecule has 0 aliphatic rings. The molecular weight excluding hydrogens is 557 g/mol. The number of ether oxygens (including phenoxy) is 3. The highest BCUT2D eigenvalue weighted by molar-refractivity contribution is 6.37. The second kappa shape index (κ2) is 11.4. The number of esters is 1. The van der Waals surface area contributed by atoms with Crippen LogP contribution in [-0.2, 0) is 9.53 Å². The Balaban J connectivity index is 1.55. The lowest BCUT2D eigenvalue weighted by molar-refractivity contribution is -0.149. The predicted octanol–water partition coefficient (Wildman–Crippen LogP) is 6.34. The number of rotatable bonds is 8. The van der Waals surface area contributed by atoms with Crippen molar-refractivity contribution in [2.24, 2.45) is 5.10 Å². The molecule has 0 radical (unpaired) electrons. The molecule has 2 aromatic heterocycles. The van der Waals surface area contributed by atoms with Gasteiger partial charge in [0, 0.05) is 0 Å². The maximum atomic E-state index is 13.5. The van der Waals surface area contributed by atoms with Crippen LogP contribution in [0.25, 0.3) is 33.5 Å². The number of halogens is 2. The van der Waals surface area contributed by atoms with Crippen LogP contribution in [0.2, 0.25) is 10.0 Å². The number of carbonyl (C=O) groups is 1. The third-order valence-electron chi connectivity index (χ3n) is 5.76. The molecule has 0 bridgehead atoms. The van der Waals surface area contributed by atoms with Crippen molar-refractivity contribution in [1.82, 2.24) is 9.66 Å². The van der Waals surface area contributed by atoms with Gasteiger partial charge in [0.15, 0.2) is 18.1 Å². The number of furan rings is 1. The van der Waals surface area contributed by atoms with Crippen LogP contribution in [0.3, 0.4) is 0 Å². The third kappa shape index (κ3) is 5.52. The number of benzene rings is 3. The number of methoxy groups -OCH3 is 1. The van der Waals surface area contributed by atoms with Crippen molar-refractivity contribution in [3.8, 4) is 23.1 Å². The Morgan fingerprint density at radius 3 is 2.55 bits per heavy atom. The second-order valence-corrected chi connectivity index (χ2v) is 9.75. The van der Waals surface area contributed by atoms with E-state index >= 15 is 0 Å². The number of para-hydroxylation sites is 1. The molecule has 0 aliphatic carbocycles. The molecule has 11 heteroatoms. The van der Waals surface area contributed by atoms with E-state index in [1.165, 1.54) is 6.21 Å². The van der Waals surface area contributed by atoms with Crippen LogP contribution in [0.15, 0.2) is 75.0 Å². The molecule has 204 valence electrons. The van der Waals surface area contributed by atoms with Gasteiger partial charge >= 0.3 is 5.97 Å². The Hall–Kier alpha value is -4.34. The summed E-state index contributed by atoms with van der Waals surface area (Å²) in [5.41, 5.74) is 1.14. The smallest absolute Gasteiger partial charge is 0.344 e. The zero-order chi connectivity index (χ0) is 28.4. The molecule has 0 saturated heterocycles. The van der Waals surface area contributed by atoms with Crippen LogP contribution in [-0.4, -0.2) is 41.7 Å². The summed E-state index contributed by atoms with van der Waals surface area (Å²) in [6.07, 6.45) is 1.14. The normalized spacial score (nSPS) is 11.6. The van der Waals surface area contributed by atoms with Crippen molar-refractivity contribution in [2.75, 3.05) is 13.7 Å². The standard InChI is InChI=1S/C29H23Cl2N3O6/c1-16(2)39-26(35)15-38-27-20(30)11-17(12-21(27)31)14-32-34-28(33-22-8-5-4-7-18(22)29(34)36)25-13-19-23(37-3)9-6-10-24(19)40-25/h4-14,16H,15H2,1-3H3. The van der Waals surface area contributed by atoms with Crippen molar-refractivity contribution in [2.45, 2.75) is 20.0 Å². The molecule has 0 N–H and O–H groups in total. The highest BCUT2D eigenvalue weighted by Gasteiger charge is 2.18. The average molecular weight is 580 g/mol. The Morgan fingerprint density at radius 2 is 1.82 bits per heavy atom. The van der Waals surface area contributed by atoms with Crippen molar-refractivity contribution >= 4 is 57.3 Å². The fourth-order valence-corrected chi connectivity index (χ4v) is 4.67. The number of carbonyl (C=O) groups excluding carboxylic acids is 1. The zero-order valence-electron chi connectivity index (χ0n) is 21.7. The van der Waals surface area contributed by atoms with Gasteiger partial charge in [-0.25, -0.2) is 9.78 Å². The molecule has 0 fully saturated rings. The first kappa shape index (κ1) is 27.2. The maximum absolute atomic E-state index is 13.5. The first-order chi connectivity index (χ1) is 19.2. The molecule has 40 heavy (non-hydrogen) atoms. The topological polar surface area (TPSA) is 105 Å². The predicted molar refractivity (Wildman–Crippen MR) is 154 cm³/mol. The van der Waals surface area contributed by atoms with Gasteiger partial charge in [-0.15, -0.1) is 0 Å². The van der Waals surface area contributed by atoms with E-state index in [-0.39, 0.29) is 34.3 Å². The van der Waals surface area contributed by atoms with Gasteiger partial charge in [-0.3, -0.25) is 4.79 Å².